The maximum absolute atomic E-state index is 4.55. The molecule has 2 nitrogen and oxygen atoms in total. The Labute approximate surface area is 172 Å². The minimum Gasteiger partial charge on any atom is -0.331 e. The van der Waals surface area contributed by atoms with Crippen LogP contribution in [0.5, 0.6) is 0 Å². The summed E-state index contributed by atoms with van der Waals surface area (Å²) in [5, 5.41) is 0. The molecular weight excluding hydrogens is 340 g/mol. The number of hydrogen-bond donors (Lipinski definition) is 0. The fourth-order valence-corrected chi connectivity index (χ4v) is 2.54. The van der Waals surface area contributed by atoms with Gasteiger partial charge in [0, 0.05) is 13.5 Å². The zero-order valence-corrected chi connectivity index (χ0v) is 18.5. The molecule has 2 aromatic rings. The standard InChI is InChI=1S/C12H14N2.C12H18.C2H4/c1-4-5-12-13-10-8-9(2)6-7-11(10)14(12)3;1-5-8-10-12(9-6-2)11(4)7-3;1-2/h4,6-8H,1,5H2,2-3H3;5-10H,1-4H3;1-2H2/b;8-5-,9-6-,11-7+,12-10+;. The number of rotatable bonds is 5. The quantitative estimate of drug-likeness (QED) is 0.391. The van der Waals surface area contributed by atoms with Gasteiger partial charge in [-0.25, -0.2) is 4.98 Å². The molecular formula is C26H36N2. The minimum atomic E-state index is 0.824. The minimum absolute atomic E-state index is 0.824. The molecule has 1 aromatic heterocycles. The molecule has 0 aliphatic carbocycles. The zero-order valence-electron chi connectivity index (χ0n) is 18.5. The number of nitrogens with zero attached hydrogens (tertiary/aromatic N) is 2. The summed E-state index contributed by atoms with van der Waals surface area (Å²) < 4.78 is 2.12. The van der Waals surface area contributed by atoms with Gasteiger partial charge < -0.3 is 4.57 Å². The van der Waals surface area contributed by atoms with Crippen LogP contribution in [0.15, 0.2) is 91.6 Å². The first-order valence-electron chi connectivity index (χ1n) is 9.60. The number of hydrogen-bond acceptors (Lipinski definition) is 1. The molecule has 0 bridgehead atoms. The van der Waals surface area contributed by atoms with Crippen molar-refractivity contribution in [3.05, 3.63) is 103 Å². The second-order valence-electron chi connectivity index (χ2n) is 6.19. The predicted molar refractivity (Wildman–Crippen MR) is 128 cm³/mol. The normalized spacial score (nSPS) is 11.9. The van der Waals surface area contributed by atoms with Crippen LogP contribution in [-0.2, 0) is 13.5 Å². The zero-order chi connectivity index (χ0) is 21.5. The summed E-state index contributed by atoms with van der Waals surface area (Å²) in [5.41, 5.74) is 6.10. The molecule has 0 fully saturated rings. The van der Waals surface area contributed by atoms with E-state index in [0.717, 1.165) is 17.8 Å². The van der Waals surface area contributed by atoms with Gasteiger partial charge in [0.1, 0.15) is 5.82 Å². The lowest BCUT2D eigenvalue weighted by atomic mass is 10.1. The van der Waals surface area contributed by atoms with E-state index in [2.05, 4.69) is 98.6 Å². The van der Waals surface area contributed by atoms with Gasteiger partial charge in [-0.2, -0.15) is 0 Å². The van der Waals surface area contributed by atoms with E-state index in [-0.39, 0.29) is 0 Å². The SMILES string of the molecule is C=C.C=CCc1nc2cc(C)ccc2n1C.C\C=C/C=C(\C=C/C)C(/C)=C/C. The highest BCUT2D eigenvalue weighted by molar-refractivity contribution is 5.76. The molecule has 0 radical (unpaired) electrons. The lowest BCUT2D eigenvalue weighted by Gasteiger charge is -1.99. The van der Waals surface area contributed by atoms with Crippen molar-refractivity contribution in [2.75, 3.05) is 0 Å². The molecule has 2 rings (SSSR count). The van der Waals surface area contributed by atoms with Gasteiger partial charge in [0.15, 0.2) is 0 Å². The Morgan fingerprint density at radius 2 is 1.82 bits per heavy atom. The number of fused-ring (bicyclic) bond motifs is 1. The first-order chi connectivity index (χ1) is 13.5. The van der Waals surface area contributed by atoms with Gasteiger partial charge >= 0.3 is 0 Å². The molecule has 150 valence electrons. The Morgan fingerprint density at radius 3 is 2.36 bits per heavy atom. The smallest absolute Gasteiger partial charge is 0.113 e. The third-order valence-corrected chi connectivity index (χ3v) is 4.16. The molecule has 0 amide bonds. The topological polar surface area (TPSA) is 17.8 Å². The Hall–Kier alpha value is -2.87. The average molecular weight is 377 g/mol. The van der Waals surface area contributed by atoms with Crippen molar-refractivity contribution in [3.63, 3.8) is 0 Å². The van der Waals surface area contributed by atoms with Crippen LogP contribution in [0.25, 0.3) is 11.0 Å². The van der Waals surface area contributed by atoms with E-state index < -0.39 is 0 Å². The molecule has 0 spiro atoms. The molecule has 0 saturated heterocycles. The Bertz CT molecular complexity index is 858. The van der Waals surface area contributed by atoms with Crippen molar-refractivity contribution in [2.45, 2.75) is 41.0 Å². The van der Waals surface area contributed by atoms with E-state index >= 15 is 0 Å². The van der Waals surface area contributed by atoms with Gasteiger partial charge in [-0.15, -0.1) is 19.7 Å². The van der Waals surface area contributed by atoms with Crippen LogP contribution in [0.3, 0.4) is 0 Å². The van der Waals surface area contributed by atoms with E-state index in [0.29, 0.717) is 0 Å². The molecule has 0 saturated carbocycles. The van der Waals surface area contributed by atoms with Gasteiger partial charge in [-0.05, 0) is 63.5 Å². The maximum atomic E-state index is 4.55. The van der Waals surface area contributed by atoms with E-state index in [4.69, 9.17) is 0 Å². The molecule has 0 atom stereocenters. The number of benzene rings is 1. The van der Waals surface area contributed by atoms with Crippen LogP contribution >= 0.6 is 0 Å². The van der Waals surface area contributed by atoms with Crippen LogP contribution in [0.4, 0.5) is 0 Å². The Balaban J connectivity index is 0.000000485. The Morgan fingerprint density at radius 1 is 1.14 bits per heavy atom. The molecule has 0 aliphatic heterocycles. The van der Waals surface area contributed by atoms with Crippen LogP contribution in [0, 0.1) is 6.92 Å². The number of imidazole rings is 1. The van der Waals surface area contributed by atoms with Crippen LogP contribution < -0.4 is 0 Å². The first-order valence-corrected chi connectivity index (χ1v) is 9.60. The summed E-state index contributed by atoms with van der Waals surface area (Å²) in [6.07, 6.45) is 15.2. The molecule has 2 heteroatoms. The van der Waals surface area contributed by atoms with E-state index in [1.807, 2.05) is 33.0 Å². The summed E-state index contributed by atoms with van der Waals surface area (Å²) in [6, 6.07) is 6.34. The second-order valence-corrected chi connectivity index (χ2v) is 6.19. The molecule has 1 heterocycles. The van der Waals surface area contributed by atoms with E-state index in [1.165, 1.54) is 22.2 Å². The summed E-state index contributed by atoms with van der Waals surface area (Å²) in [6.45, 7) is 20.1. The van der Waals surface area contributed by atoms with Crippen molar-refractivity contribution in [2.24, 2.45) is 7.05 Å². The van der Waals surface area contributed by atoms with Gasteiger partial charge in [0.05, 0.1) is 11.0 Å². The van der Waals surface area contributed by atoms with Gasteiger partial charge in [-0.3, -0.25) is 0 Å². The monoisotopic (exact) mass is 376 g/mol. The lowest BCUT2D eigenvalue weighted by Crippen LogP contribution is -1.95. The predicted octanol–water partition coefficient (Wildman–Crippen LogP) is 7.44. The van der Waals surface area contributed by atoms with Crippen molar-refractivity contribution in [1.82, 2.24) is 9.55 Å². The molecule has 0 N–H and O–H groups in total. The highest BCUT2D eigenvalue weighted by atomic mass is 15.1. The fourth-order valence-electron chi connectivity index (χ4n) is 2.54. The molecule has 0 aliphatic rings. The summed E-state index contributed by atoms with van der Waals surface area (Å²) >= 11 is 0. The van der Waals surface area contributed by atoms with Crippen molar-refractivity contribution in [3.8, 4) is 0 Å². The average Bonchev–Trinajstić information content (AvgIpc) is 3.01. The largest absolute Gasteiger partial charge is 0.331 e. The highest BCUT2D eigenvalue weighted by Crippen LogP contribution is 2.16. The fraction of sp³-hybridized carbons (Fsp3) is 0.269. The van der Waals surface area contributed by atoms with E-state index in [9.17, 15) is 0 Å². The van der Waals surface area contributed by atoms with Crippen LogP contribution in [0.2, 0.25) is 0 Å². The highest BCUT2D eigenvalue weighted by Gasteiger charge is 2.05. The first kappa shape index (κ1) is 25.1. The number of aryl methyl sites for hydroxylation is 2. The van der Waals surface area contributed by atoms with E-state index in [1.54, 1.807) is 0 Å². The number of allylic oxidation sites excluding steroid dienone is 9. The molecule has 1 aromatic carbocycles. The Kier molecular flexibility index (Phi) is 12.8. The molecule has 28 heavy (non-hydrogen) atoms. The van der Waals surface area contributed by atoms with Crippen LogP contribution in [-0.4, -0.2) is 9.55 Å². The summed E-state index contributed by atoms with van der Waals surface area (Å²) in [4.78, 5) is 4.55. The number of aromatic nitrogens is 2. The summed E-state index contributed by atoms with van der Waals surface area (Å²) in [7, 11) is 2.05. The van der Waals surface area contributed by atoms with Crippen LogP contribution in [0.1, 0.15) is 39.1 Å². The lowest BCUT2D eigenvalue weighted by molar-refractivity contribution is 0.854. The maximum Gasteiger partial charge on any atom is 0.113 e. The third kappa shape index (κ3) is 7.79. The van der Waals surface area contributed by atoms with Gasteiger partial charge in [0.25, 0.3) is 0 Å². The van der Waals surface area contributed by atoms with Gasteiger partial charge in [0.2, 0.25) is 0 Å². The summed E-state index contributed by atoms with van der Waals surface area (Å²) in [5.74, 6) is 1.07. The van der Waals surface area contributed by atoms with Gasteiger partial charge in [-0.1, -0.05) is 48.6 Å². The molecule has 0 unspecified atom stereocenters. The van der Waals surface area contributed by atoms with Crippen molar-refractivity contribution < 1.29 is 0 Å². The second kappa shape index (κ2) is 14.2. The third-order valence-electron chi connectivity index (χ3n) is 4.16. The van der Waals surface area contributed by atoms with Crippen molar-refractivity contribution >= 4 is 11.0 Å². The van der Waals surface area contributed by atoms with Crippen molar-refractivity contribution in [1.29, 1.82) is 0 Å².